The third-order valence-electron chi connectivity index (χ3n) is 5.90. The van der Waals surface area contributed by atoms with Gasteiger partial charge in [0.15, 0.2) is 0 Å². The fourth-order valence-corrected chi connectivity index (χ4v) is 4.10. The van der Waals surface area contributed by atoms with Crippen molar-refractivity contribution in [2.24, 2.45) is 0 Å². The predicted octanol–water partition coefficient (Wildman–Crippen LogP) is 3.03. The molecule has 2 amide bonds. The molecule has 30 heavy (non-hydrogen) atoms. The van der Waals surface area contributed by atoms with Gasteiger partial charge in [-0.15, -0.1) is 0 Å². The van der Waals surface area contributed by atoms with E-state index in [2.05, 4.69) is 11.0 Å². The number of carbonyl (C=O) groups is 2. The third-order valence-corrected chi connectivity index (χ3v) is 5.90. The molecular weight excluding hydrogens is 376 g/mol. The molecule has 4 rings (SSSR count). The highest BCUT2D eigenvalue weighted by molar-refractivity contribution is 5.97. The van der Waals surface area contributed by atoms with Crippen LogP contribution in [0.2, 0.25) is 0 Å². The first-order valence-corrected chi connectivity index (χ1v) is 10.5. The van der Waals surface area contributed by atoms with E-state index in [0.29, 0.717) is 30.6 Å². The lowest BCUT2D eigenvalue weighted by atomic mass is 10.1. The summed E-state index contributed by atoms with van der Waals surface area (Å²) >= 11 is 0. The van der Waals surface area contributed by atoms with Gasteiger partial charge in [-0.2, -0.15) is 5.26 Å². The van der Waals surface area contributed by atoms with E-state index >= 15 is 0 Å². The van der Waals surface area contributed by atoms with Crippen molar-refractivity contribution in [1.29, 1.82) is 5.26 Å². The van der Waals surface area contributed by atoms with Gasteiger partial charge < -0.3 is 9.80 Å². The topological polar surface area (TPSA) is 67.7 Å². The van der Waals surface area contributed by atoms with Crippen molar-refractivity contribution in [1.82, 2.24) is 9.80 Å². The molecule has 6 nitrogen and oxygen atoms in total. The molecule has 0 unspecified atom stereocenters. The van der Waals surface area contributed by atoms with Crippen LogP contribution in [0.3, 0.4) is 0 Å². The number of hydrogen-bond acceptors (Lipinski definition) is 4. The van der Waals surface area contributed by atoms with Crippen LogP contribution in [0.25, 0.3) is 0 Å². The zero-order valence-electron chi connectivity index (χ0n) is 17.1. The second-order valence-electron chi connectivity index (χ2n) is 7.93. The lowest BCUT2D eigenvalue weighted by Gasteiger charge is -2.35. The first kappa shape index (κ1) is 20.1. The molecule has 0 radical (unpaired) electrons. The van der Waals surface area contributed by atoms with Crippen LogP contribution in [0.15, 0.2) is 48.5 Å². The Labute approximate surface area is 177 Å². The van der Waals surface area contributed by atoms with Gasteiger partial charge in [-0.25, -0.2) is 0 Å². The lowest BCUT2D eigenvalue weighted by molar-refractivity contribution is -0.119. The normalized spacial score (nSPS) is 17.6. The molecule has 0 spiro atoms. The smallest absolute Gasteiger partial charge is 0.253 e. The number of nitriles is 1. The summed E-state index contributed by atoms with van der Waals surface area (Å²) in [6, 6.07) is 17.3. The fraction of sp³-hybridized carbons (Fsp3) is 0.375. The van der Waals surface area contributed by atoms with Gasteiger partial charge in [-0.3, -0.25) is 14.5 Å². The number of hydrogen-bond donors (Lipinski definition) is 0. The van der Waals surface area contributed by atoms with Crippen molar-refractivity contribution in [2.45, 2.75) is 25.8 Å². The van der Waals surface area contributed by atoms with Gasteiger partial charge >= 0.3 is 0 Å². The third kappa shape index (κ3) is 4.52. The molecule has 2 heterocycles. The molecule has 2 aliphatic rings. The Morgan fingerprint density at radius 3 is 2.23 bits per heavy atom. The van der Waals surface area contributed by atoms with Crippen molar-refractivity contribution in [2.75, 3.05) is 37.6 Å². The van der Waals surface area contributed by atoms with Gasteiger partial charge in [-0.1, -0.05) is 12.1 Å². The number of anilines is 1. The molecule has 2 aliphatic heterocycles. The van der Waals surface area contributed by atoms with Crippen molar-refractivity contribution in [3.8, 4) is 6.07 Å². The molecule has 0 aromatic heterocycles. The average molecular weight is 402 g/mol. The number of benzene rings is 2. The second kappa shape index (κ2) is 9.10. The summed E-state index contributed by atoms with van der Waals surface area (Å²) < 4.78 is 0. The van der Waals surface area contributed by atoms with Crippen molar-refractivity contribution in [3.05, 3.63) is 65.2 Å². The van der Waals surface area contributed by atoms with Gasteiger partial charge in [0.1, 0.15) is 0 Å². The lowest BCUT2D eigenvalue weighted by Crippen LogP contribution is -2.48. The standard InChI is InChI=1S/C24H26N4O2/c25-17-19-4-6-20(7-5-19)18-26-13-15-27(16-14-26)24(30)21-8-10-22(11-9-21)28-12-2-1-3-23(28)29/h4-11H,1-3,12-16,18H2. The maximum atomic E-state index is 12.9. The van der Waals surface area contributed by atoms with E-state index < -0.39 is 0 Å². The highest BCUT2D eigenvalue weighted by atomic mass is 16.2. The molecule has 2 aromatic rings. The Balaban J connectivity index is 1.31. The summed E-state index contributed by atoms with van der Waals surface area (Å²) in [4.78, 5) is 31.0. The Bertz CT molecular complexity index is 939. The molecule has 6 heteroatoms. The van der Waals surface area contributed by atoms with E-state index in [9.17, 15) is 9.59 Å². The van der Waals surface area contributed by atoms with Crippen LogP contribution in [0.5, 0.6) is 0 Å². The SMILES string of the molecule is N#Cc1ccc(CN2CCN(C(=O)c3ccc(N4CCCCC4=O)cc3)CC2)cc1. The number of piperidine rings is 1. The summed E-state index contributed by atoms with van der Waals surface area (Å²) in [5, 5.41) is 8.90. The van der Waals surface area contributed by atoms with Crippen LogP contribution in [0.1, 0.15) is 40.7 Å². The van der Waals surface area contributed by atoms with Crippen molar-refractivity contribution in [3.63, 3.8) is 0 Å². The fourth-order valence-electron chi connectivity index (χ4n) is 4.10. The second-order valence-corrected chi connectivity index (χ2v) is 7.93. The number of piperazine rings is 1. The van der Waals surface area contributed by atoms with Crippen LogP contribution in [-0.2, 0) is 11.3 Å². The van der Waals surface area contributed by atoms with E-state index in [4.69, 9.17) is 5.26 Å². The highest BCUT2D eigenvalue weighted by Crippen LogP contribution is 2.22. The summed E-state index contributed by atoms with van der Waals surface area (Å²) in [6.07, 6.45) is 2.59. The molecule has 0 N–H and O–H groups in total. The first-order chi connectivity index (χ1) is 14.6. The summed E-state index contributed by atoms with van der Waals surface area (Å²) in [5.74, 6) is 0.211. The van der Waals surface area contributed by atoms with E-state index in [1.807, 2.05) is 58.3 Å². The molecule has 154 valence electrons. The van der Waals surface area contributed by atoms with Crippen molar-refractivity contribution < 1.29 is 9.59 Å². The molecular formula is C24H26N4O2. The van der Waals surface area contributed by atoms with Gasteiger partial charge in [0.05, 0.1) is 11.6 Å². The summed E-state index contributed by atoms with van der Waals surface area (Å²) in [5.41, 5.74) is 3.40. The van der Waals surface area contributed by atoms with Gasteiger partial charge in [0.25, 0.3) is 5.91 Å². The van der Waals surface area contributed by atoms with Gasteiger partial charge in [-0.05, 0) is 54.8 Å². The molecule has 0 bridgehead atoms. The van der Waals surface area contributed by atoms with Gasteiger partial charge in [0.2, 0.25) is 5.91 Å². The maximum Gasteiger partial charge on any atom is 0.253 e. The Morgan fingerprint density at radius 2 is 1.60 bits per heavy atom. The zero-order valence-corrected chi connectivity index (χ0v) is 17.1. The van der Waals surface area contributed by atoms with Crippen LogP contribution in [0.4, 0.5) is 5.69 Å². The number of nitrogens with zero attached hydrogens (tertiary/aromatic N) is 4. The van der Waals surface area contributed by atoms with Crippen LogP contribution in [-0.4, -0.2) is 54.3 Å². The minimum Gasteiger partial charge on any atom is -0.336 e. The number of amides is 2. The Morgan fingerprint density at radius 1 is 0.900 bits per heavy atom. The number of rotatable bonds is 4. The first-order valence-electron chi connectivity index (χ1n) is 10.5. The predicted molar refractivity (Wildman–Crippen MR) is 115 cm³/mol. The molecule has 0 atom stereocenters. The van der Waals surface area contributed by atoms with E-state index in [-0.39, 0.29) is 11.8 Å². The van der Waals surface area contributed by atoms with E-state index in [1.54, 1.807) is 0 Å². The molecule has 2 saturated heterocycles. The Hall–Kier alpha value is -3.17. The van der Waals surface area contributed by atoms with E-state index in [1.165, 1.54) is 5.56 Å². The number of carbonyl (C=O) groups excluding carboxylic acids is 2. The largest absolute Gasteiger partial charge is 0.336 e. The molecule has 0 aliphatic carbocycles. The van der Waals surface area contributed by atoms with Crippen LogP contribution >= 0.6 is 0 Å². The zero-order chi connectivity index (χ0) is 20.9. The van der Waals surface area contributed by atoms with Gasteiger partial charge in [0, 0.05) is 56.9 Å². The minimum absolute atomic E-state index is 0.0459. The molecule has 0 saturated carbocycles. The summed E-state index contributed by atoms with van der Waals surface area (Å²) in [6.45, 7) is 4.63. The van der Waals surface area contributed by atoms with Crippen LogP contribution in [0, 0.1) is 11.3 Å². The average Bonchev–Trinajstić information content (AvgIpc) is 2.80. The monoisotopic (exact) mass is 402 g/mol. The van der Waals surface area contributed by atoms with E-state index in [0.717, 1.165) is 44.7 Å². The van der Waals surface area contributed by atoms with Crippen molar-refractivity contribution >= 4 is 17.5 Å². The highest BCUT2D eigenvalue weighted by Gasteiger charge is 2.23. The summed E-state index contributed by atoms with van der Waals surface area (Å²) in [7, 11) is 0. The molecule has 2 aromatic carbocycles. The quantitative estimate of drug-likeness (QED) is 0.788. The molecule has 2 fully saturated rings. The maximum absolute atomic E-state index is 12.9. The Kier molecular flexibility index (Phi) is 6.10. The van der Waals surface area contributed by atoms with Crippen LogP contribution < -0.4 is 4.90 Å². The minimum atomic E-state index is 0.0459.